The molecule has 0 bridgehead atoms. The zero-order valence-corrected chi connectivity index (χ0v) is 15.6. The summed E-state index contributed by atoms with van der Waals surface area (Å²) in [6.45, 7) is 5.56. The van der Waals surface area contributed by atoms with E-state index in [1.165, 1.54) is 0 Å². The van der Waals surface area contributed by atoms with Crippen LogP contribution < -0.4 is 11.1 Å². The summed E-state index contributed by atoms with van der Waals surface area (Å²) in [5, 5.41) is 2.78. The molecule has 130 valence electrons. The molecule has 0 heterocycles. The van der Waals surface area contributed by atoms with Gasteiger partial charge in [-0.3, -0.25) is 9.59 Å². The summed E-state index contributed by atoms with van der Waals surface area (Å²) in [6.07, 6.45) is 0.237. The maximum Gasteiger partial charge on any atom is 0.240 e. The highest BCUT2D eigenvalue weighted by Gasteiger charge is 2.38. The minimum absolute atomic E-state index is 0.237. The monoisotopic (exact) mass is 400 g/mol. The Labute approximate surface area is 156 Å². The third-order valence-electron chi connectivity index (χ3n) is 4.23. The molecule has 2 aromatic carbocycles. The lowest BCUT2D eigenvalue weighted by molar-refractivity contribution is -0.129. The summed E-state index contributed by atoms with van der Waals surface area (Å²) >= 11 is 3.22. The van der Waals surface area contributed by atoms with E-state index in [4.69, 9.17) is 5.73 Å². The first-order valence-electron chi connectivity index (χ1n) is 7.90. The minimum atomic E-state index is -0.954. The van der Waals surface area contributed by atoms with E-state index in [-0.39, 0.29) is 12.3 Å². The van der Waals surface area contributed by atoms with E-state index in [0.29, 0.717) is 4.48 Å². The molecule has 0 saturated carbocycles. The van der Waals surface area contributed by atoms with Crippen molar-refractivity contribution in [1.29, 1.82) is 0 Å². The van der Waals surface area contributed by atoms with Crippen LogP contribution in [0.2, 0.25) is 0 Å². The Balaban J connectivity index is 2.44. The van der Waals surface area contributed by atoms with Crippen molar-refractivity contribution in [2.45, 2.75) is 24.8 Å². The highest BCUT2D eigenvalue weighted by Crippen LogP contribution is 2.32. The standard InChI is InChI=1S/C20H21BrN2O2/c1-14(21)13-17(18(22)24)23-19(25)20(2,15-9-5-3-6-10-15)16-11-7-4-8-12-16/h3-12,17H,1,13H2,2H3,(H2,22,24)(H,23,25)/t17-/m0/s1. The second-order valence-electron chi connectivity index (χ2n) is 6.01. The Hall–Kier alpha value is -2.40. The van der Waals surface area contributed by atoms with Crippen LogP contribution in [0.5, 0.6) is 0 Å². The van der Waals surface area contributed by atoms with E-state index in [2.05, 4.69) is 27.8 Å². The summed E-state index contributed by atoms with van der Waals surface area (Å²) in [4.78, 5) is 24.9. The first-order chi connectivity index (χ1) is 11.9. The first-order valence-corrected chi connectivity index (χ1v) is 8.69. The number of primary amides is 1. The van der Waals surface area contributed by atoms with Gasteiger partial charge in [0.15, 0.2) is 0 Å². The van der Waals surface area contributed by atoms with Gasteiger partial charge in [0, 0.05) is 6.42 Å². The van der Waals surface area contributed by atoms with Gasteiger partial charge in [0.1, 0.15) is 6.04 Å². The number of carbonyl (C=O) groups is 2. The van der Waals surface area contributed by atoms with Gasteiger partial charge >= 0.3 is 0 Å². The molecule has 0 unspecified atom stereocenters. The molecule has 4 nitrogen and oxygen atoms in total. The molecule has 0 spiro atoms. The lowest BCUT2D eigenvalue weighted by atomic mass is 9.75. The van der Waals surface area contributed by atoms with E-state index in [0.717, 1.165) is 11.1 Å². The molecular weight excluding hydrogens is 380 g/mol. The quantitative estimate of drug-likeness (QED) is 0.748. The van der Waals surface area contributed by atoms with Crippen molar-refractivity contribution in [3.8, 4) is 0 Å². The van der Waals surface area contributed by atoms with Gasteiger partial charge in [-0.2, -0.15) is 0 Å². The molecule has 2 amide bonds. The Morgan fingerprint density at radius 3 is 1.88 bits per heavy atom. The molecule has 0 fully saturated rings. The van der Waals surface area contributed by atoms with Crippen molar-refractivity contribution in [2.75, 3.05) is 0 Å². The molecule has 2 rings (SSSR count). The maximum atomic E-state index is 13.2. The van der Waals surface area contributed by atoms with Gasteiger partial charge in [0.05, 0.1) is 5.41 Å². The summed E-state index contributed by atoms with van der Waals surface area (Å²) < 4.78 is 0.595. The highest BCUT2D eigenvalue weighted by atomic mass is 79.9. The second-order valence-corrected chi connectivity index (χ2v) is 7.13. The third kappa shape index (κ3) is 4.37. The van der Waals surface area contributed by atoms with E-state index in [1.54, 1.807) is 0 Å². The average Bonchev–Trinajstić information content (AvgIpc) is 2.61. The molecule has 0 saturated heterocycles. The molecule has 0 aliphatic carbocycles. The topological polar surface area (TPSA) is 72.2 Å². The van der Waals surface area contributed by atoms with Gasteiger partial charge in [-0.1, -0.05) is 83.2 Å². The van der Waals surface area contributed by atoms with Gasteiger partial charge in [-0.15, -0.1) is 0 Å². The predicted molar refractivity (Wildman–Crippen MR) is 103 cm³/mol. The zero-order valence-electron chi connectivity index (χ0n) is 14.0. The lowest BCUT2D eigenvalue weighted by Gasteiger charge is -2.31. The highest BCUT2D eigenvalue weighted by molar-refractivity contribution is 9.11. The molecule has 0 aliphatic heterocycles. The molecule has 0 radical (unpaired) electrons. The van der Waals surface area contributed by atoms with E-state index in [1.807, 2.05) is 67.6 Å². The molecule has 1 atom stereocenters. The van der Waals surface area contributed by atoms with Gasteiger partial charge in [0.25, 0.3) is 0 Å². The molecule has 3 N–H and O–H groups in total. The Morgan fingerprint density at radius 2 is 1.52 bits per heavy atom. The summed E-state index contributed by atoms with van der Waals surface area (Å²) in [5.41, 5.74) is 6.15. The normalized spacial score (nSPS) is 12.2. The summed E-state index contributed by atoms with van der Waals surface area (Å²) in [5.74, 6) is -0.889. The molecule has 0 aliphatic rings. The van der Waals surface area contributed by atoms with Crippen LogP contribution in [0, 0.1) is 0 Å². The Morgan fingerprint density at radius 1 is 1.08 bits per heavy atom. The first kappa shape index (κ1) is 18.9. The lowest BCUT2D eigenvalue weighted by Crippen LogP contribution is -2.51. The number of hydrogen-bond donors (Lipinski definition) is 2. The fraction of sp³-hybridized carbons (Fsp3) is 0.200. The second kappa shape index (κ2) is 8.12. The molecule has 5 heteroatoms. The van der Waals surface area contributed by atoms with Crippen molar-refractivity contribution >= 4 is 27.7 Å². The van der Waals surface area contributed by atoms with Crippen molar-refractivity contribution in [3.05, 3.63) is 82.9 Å². The van der Waals surface area contributed by atoms with Gasteiger partial charge in [-0.05, 0) is 22.5 Å². The molecule has 25 heavy (non-hydrogen) atoms. The van der Waals surface area contributed by atoms with Crippen molar-refractivity contribution in [1.82, 2.24) is 5.32 Å². The van der Waals surface area contributed by atoms with Gasteiger partial charge in [0.2, 0.25) is 11.8 Å². The number of nitrogens with two attached hydrogens (primary N) is 1. The van der Waals surface area contributed by atoms with Crippen LogP contribution in [-0.2, 0) is 15.0 Å². The number of halogens is 1. The fourth-order valence-electron chi connectivity index (χ4n) is 2.72. The van der Waals surface area contributed by atoms with Crippen molar-refractivity contribution in [2.24, 2.45) is 5.73 Å². The summed E-state index contributed by atoms with van der Waals surface area (Å²) in [6, 6.07) is 18.1. The van der Waals surface area contributed by atoms with Crippen LogP contribution in [-0.4, -0.2) is 17.9 Å². The minimum Gasteiger partial charge on any atom is -0.368 e. The number of nitrogens with one attached hydrogen (secondary N) is 1. The van der Waals surface area contributed by atoms with Crippen LogP contribution in [0.4, 0.5) is 0 Å². The number of carbonyl (C=O) groups excluding carboxylic acids is 2. The van der Waals surface area contributed by atoms with Crippen LogP contribution >= 0.6 is 15.9 Å². The van der Waals surface area contributed by atoms with Crippen molar-refractivity contribution in [3.63, 3.8) is 0 Å². The van der Waals surface area contributed by atoms with E-state index >= 15 is 0 Å². The van der Waals surface area contributed by atoms with Crippen LogP contribution in [0.15, 0.2) is 71.7 Å². The molecule has 2 aromatic rings. The largest absolute Gasteiger partial charge is 0.368 e. The van der Waals surface area contributed by atoms with Gasteiger partial charge in [-0.25, -0.2) is 0 Å². The smallest absolute Gasteiger partial charge is 0.240 e. The SMILES string of the molecule is C=C(Br)C[C@H](NC(=O)C(C)(c1ccccc1)c1ccccc1)C(N)=O. The number of hydrogen-bond acceptors (Lipinski definition) is 2. The Kier molecular flexibility index (Phi) is 6.15. The predicted octanol–water partition coefficient (Wildman–Crippen LogP) is 3.26. The zero-order chi connectivity index (χ0) is 18.4. The Bertz CT molecular complexity index is 720. The summed E-state index contributed by atoms with van der Waals surface area (Å²) in [7, 11) is 0. The van der Waals surface area contributed by atoms with Gasteiger partial charge < -0.3 is 11.1 Å². The van der Waals surface area contributed by atoms with Crippen LogP contribution in [0.1, 0.15) is 24.5 Å². The van der Waals surface area contributed by atoms with Crippen LogP contribution in [0.3, 0.4) is 0 Å². The van der Waals surface area contributed by atoms with E-state index < -0.39 is 17.4 Å². The number of rotatable bonds is 7. The van der Waals surface area contributed by atoms with E-state index in [9.17, 15) is 9.59 Å². The maximum absolute atomic E-state index is 13.2. The molecule has 0 aromatic heterocycles. The average molecular weight is 401 g/mol. The number of benzene rings is 2. The van der Waals surface area contributed by atoms with Crippen LogP contribution in [0.25, 0.3) is 0 Å². The van der Waals surface area contributed by atoms with Crippen molar-refractivity contribution < 1.29 is 9.59 Å². The fourth-order valence-corrected chi connectivity index (χ4v) is 3.04. The molecular formula is C20H21BrN2O2. The third-order valence-corrected chi connectivity index (χ3v) is 4.55. The number of amides is 2.